The molecular formula is C16H27NO. The Labute approximate surface area is 112 Å². The van der Waals surface area contributed by atoms with Gasteiger partial charge < -0.3 is 10.1 Å². The van der Waals surface area contributed by atoms with Crippen LogP contribution in [-0.2, 0) is 0 Å². The highest BCUT2D eigenvalue weighted by atomic mass is 16.5. The molecule has 0 bridgehead atoms. The fourth-order valence-electron chi connectivity index (χ4n) is 1.80. The first-order valence-electron chi connectivity index (χ1n) is 6.69. The van der Waals surface area contributed by atoms with Gasteiger partial charge in [-0.3, -0.25) is 0 Å². The summed E-state index contributed by atoms with van der Waals surface area (Å²) < 4.78 is 6.09. The van der Waals surface area contributed by atoms with E-state index in [0.29, 0.717) is 0 Å². The van der Waals surface area contributed by atoms with Crippen LogP contribution in [0.5, 0.6) is 5.75 Å². The van der Waals surface area contributed by atoms with Crippen molar-refractivity contribution in [1.82, 2.24) is 5.32 Å². The molecule has 0 aromatic heterocycles. The molecule has 0 heterocycles. The smallest absolute Gasteiger partial charge is 0.125 e. The molecule has 1 aromatic carbocycles. The Morgan fingerprint density at radius 2 is 1.67 bits per heavy atom. The molecular weight excluding hydrogens is 222 g/mol. The van der Waals surface area contributed by atoms with Gasteiger partial charge >= 0.3 is 0 Å². The minimum absolute atomic E-state index is 0.133. The molecule has 0 amide bonds. The third kappa shape index (κ3) is 4.34. The van der Waals surface area contributed by atoms with E-state index in [2.05, 4.69) is 65.9 Å². The Balaban J connectivity index is 2.70. The molecule has 2 nitrogen and oxygen atoms in total. The normalized spacial score (nSPS) is 13.5. The molecule has 1 atom stereocenters. The predicted molar refractivity (Wildman–Crippen MR) is 78.5 cm³/mol. The van der Waals surface area contributed by atoms with Crippen molar-refractivity contribution in [2.24, 2.45) is 0 Å². The van der Waals surface area contributed by atoms with Crippen molar-refractivity contribution >= 4 is 0 Å². The number of hydrogen-bond donors (Lipinski definition) is 1. The Morgan fingerprint density at radius 1 is 1.11 bits per heavy atom. The minimum atomic E-state index is 0.133. The summed E-state index contributed by atoms with van der Waals surface area (Å²) in [5.41, 5.74) is 3.87. The number of nitrogens with one attached hydrogen (secondary N) is 1. The summed E-state index contributed by atoms with van der Waals surface area (Å²) >= 11 is 0. The summed E-state index contributed by atoms with van der Waals surface area (Å²) in [7, 11) is 0. The molecule has 18 heavy (non-hydrogen) atoms. The van der Waals surface area contributed by atoms with Gasteiger partial charge in [0.25, 0.3) is 0 Å². The second-order valence-electron chi connectivity index (χ2n) is 6.21. The van der Waals surface area contributed by atoms with Gasteiger partial charge in [0.15, 0.2) is 0 Å². The maximum Gasteiger partial charge on any atom is 0.125 e. The molecule has 0 saturated heterocycles. The van der Waals surface area contributed by atoms with Gasteiger partial charge in [0.2, 0.25) is 0 Å². The van der Waals surface area contributed by atoms with E-state index < -0.39 is 0 Å². The van der Waals surface area contributed by atoms with E-state index in [-0.39, 0.29) is 11.6 Å². The quantitative estimate of drug-likeness (QED) is 0.877. The molecule has 2 heteroatoms. The number of aryl methyl sites for hydroxylation is 2. The van der Waals surface area contributed by atoms with Gasteiger partial charge in [-0.15, -0.1) is 0 Å². The van der Waals surface area contributed by atoms with Crippen molar-refractivity contribution in [1.29, 1.82) is 0 Å². The summed E-state index contributed by atoms with van der Waals surface area (Å²) in [6.45, 7) is 15.8. The summed E-state index contributed by atoms with van der Waals surface area (Å²) in [6, 6.07) is 4.27. The lowest BCUT2D eigenvalue weighted by Gasteiger charge is -2.25. The van der Waals surface area contributed by atoms with Crippen LogP contribution in [0.2, 0.25) is 0 Å². The predicted octanol–water partition coefficient (Wildman–Crippen LogP) is 3.77. The van der Waals surface area contributed by atoms with E-state index in [1.165, 1.54) is 16.7 Å². The molecule has 0 fully saturated rings. The Kier molecular flexibility index (Phi) is 4.80. The molecule has 1 rings (SSSR count). The fourth-order valence-corrected chi connectivity index (χ4v) is 1.80. The van der Waals surface area contributed by atoms with Gasteiger partial charge in [0, 0.05) is 12.1 Å². The van der Waals surface area contributed by atoms with Crippen molar-refractivity contribution in [3.63, 3.8) is 0 Å². The summed E-state index contributed by atoms with van der Waals surface area (Å²) in [6.07, 6.45) is 0.170. The van der Waals surface area contributed by atoms with Gasteiger partial charge in [0.05, 0.1) is 0 Å². The van der Waals surface area contributed by atoms with Gasteiger partial charge in [-0.25, -0.2) is 0 Å². The SMILES string of the molecule is Cc1ccc(C)c(OC(C)CNC(C)(C)C)c1C. The van der Waals surface area contributed by atoms with Gasteiger partial charge in [-0.1, -0.05) is 12.1 Å². The first-order valence-corrected chi connectivity index (χ1v) is 6.69. The summed E-state index contributed by atoms with van der Waals surface area (Å²) in [4.78, 5) is 0. The monoisotopic (exact) mass is 249 g/mol. The maximum absolute atomic E-state index is 6.09. The van der Waals surface area contributed by atoms with Crippen LogP contribution in [0.3, 0.4) is 0 Å². The second-order valence-corrected chi connectivity index (χ2v) is 6.21. The molecule has 1 unspecified atom stereocenters. The second kappa shape index (κ2) is 5.75. The average Bonchev–Trinajstić information content (AvgIpc) is 2.26. The highest BCUT2D eigenvalue weighted by Gasteiger charge is 2.14. The molecule has 0 radical (unpaired) electrons. The highest BCUT2D eigenvalue weighted by molar-refractivity contribution is 5.44. The van der Waals surface area contributed by atoms with Crippen LogP contribution in [-0.4, -0.2) is 18.2 Å². The first-order chi connectivity index (χ1) is 8.20. The number of rotatable bonds is 4. The molecule has 0 saturated carbocycles. The Morgan fingerprint density at radius 3 is 2.22 bits per heavy atom. The summed E-state index contributed by atoms with van der Waals surface area (Å²) in [5, 5.41) is 3.47. The third-order valence-electron chi connectivity index (χ3n) is 3.11. The van der Waals surface area contributed by atoms with Gasteiger partial charge in [0.1, 0.15) is 11.9 Å². The highest BCUT2D eigenvalue weighted by Crippen LogP contribution is 2.26. The number of benzene rings is 1. The van der Waals surface area contributed by atoms with Crippen LogP contribution in [0.25, 0.3) is 0 Å². The van der Waals surface area contributed by atoms with Crippen molar-refractivity contribution in [2.45, 2.75) is 60.1 Å². The lowest BCUT2D eigenvalue weighted by Crippen LogP contribution is -2.41. The van der Waals surface area contributed by atoms with E-state index in [0.717, 1.165) is 12.3 Å². The topological polar surface area (TPSA) is 21.3 Å². The lowest BCUT2D eigenvalue weighted by molar-refractivity contribution is 0.201. The molecule has 1 aromatic rings. The van der Waals surface area contributed by atoms with Crippen LogP contribution in [0.1, 0.15) is 44.4 Å². The van der Waals surface area contributed by atoms with Crippen LogP contribution < -0.4 is 10.1 Å². The molecule has 0 aliphatic rings. The Hall–Kier alpha value is -1.02. The largest absolute Gasteiger partial charge is 0.489 e. The average molecular weight is 249 g/mol. The van der Waals surface area contributed by atoms with Crippen molar-refractivity contribution in [3.05, 3.63) is 28.8 Å². The standard InChI is InChI=1S/C16H27NO/c1-11-8-9-12(2)15(14(11)4)18-13(3)10-17-16(5,6)7/h8-9,13,17H,10H2,1-7H3. The van der Waals surface area contributed by atoms with Crippen LogP contribution in [0.4, 0.5) is 0 Å². The van der Waals surface area contributed by atoms with Gasteiger partial charge in [-0.05, 0) is 65.2 Å². The van der Waals surface area contributed by atoms with Gasteiger partial charge in [-0.2, -0.15) is 0 Å². The zero-order chi connectivity index (χ0) is 13.9. The zero-order valence-corrected chi connectivity index (χ0v) is 12.8. The molecule has 102 valence electrons. The van der Waals surface area contributed by atoms with Crippen molar-refractivity contribution < 1.29 is 4.74 Å². The molecule has 0 aliphatic heterocycles. The molecule has 0 spiro atoms. The van der Waals surface area contributed by atoms with Crippen LogP contribution in [0, 0.1) is 20.8 Å². The van der Waals surface area contributed by atoms with Crippen LogP contribution in [0.15, 0.2) is 12.1 Å². The molecule has 1 N–H and O–H groups in total. The van der Waals surface area contributed by atoms with E-state index in [1.807, 2.05) is 0 Å². The number of ether oxygens (including phenoxy) is 1. The van der Waals surface area contributed by atoms with E-state index >= 15 is 0 Å². The zero-order valence-electron chi connectivity index (χ0n) is 12.8. The summed E-state index contributed by atoms with van der Waals surface area (Å²) in [5.74, 6) is 1.04. The number of hydrogen-bond acceptors (Lipinski definition) is 2. The van der Waals surface area contributed by atoms with Crippen molar-refractivity contribution in [2.75, 3.05) is 6.54 Å². The van der Waals surface area contributed by atoms with E-state index in [4.69, 9.17) is 4.74 Å². The minimum Gasteiger partial charge on any atom is -0.489 e. The van der Waals surface area contributed by atoms with E-state index in [9.17, 15) is 0 Å². The van der Waals surface area contributed by atoms with Crippen molar-refractivity contribution in [3.8, 4) is 5.75 Å². The first kappa shape index (κ1) is 15.0. The maximum atomic E-state index is 6.09. The fraction of sp³-hybridized carbons (Fsp3) is 0.625. The third-order valence-corrected chi connectivity index (χ3v) is 3.11. The lowest BCUT2D eigenvalue weighted by atomic mass is 10.1. The van der Waals surface area contributed by atoms with Crippen LogP contribution >= 0.6 is 0 Å². The molecule has 0 aliphatic carbocycles. The van der Waals surface area contributed by atoms with E-state index in [1.54, 1.807) is 0 Å². The Bertz CT molecular complexity index is 404.